The van der Waals surface area contributed by atoms with Gasteiger partial charge in [-0.25, -0.2) is 4.98 Å². The van der Waals surface area contributed by atoms with Gasteiger partial charge in [0.25, 0.3) is 0 Å². The van der Waals surface area contributed by atoms with Crippen LogP contribution in [0.1, 0.15) is 5.56 Å². The molecule has 0 unspecified atom stereocenters. The van der Waals surface area contributed by atoms with E-state index in [0.29, 0.717) is 16.3 Å². The fraction of sp³-hybridized carbons (Fsp3) is 0.250. The van der Waals surface area contributed by atoms with Crippen LogP contribution in [0.5, 0.6) is 5.75 Å². The van der Waals surface area contributed by atoms with Gasteiger partial charge >= 0.3 is 6.18 Å². The third-order valence-electron chi connectivity index (χ3n) is 2.26. The van der Waals surface area contributed by atoms with Gasteiger partial charge in [0.05, 0.1) is 9.98 Å². The van der Waals surface area contributed by atoms with E-state index < -0.39 is 12.8 Å². The highest BCUT2D eigenvalue weighted by Crippen LogP contribution is 2.36. The Morgan fingerprint density at radius 2 is 2.14 bits per heavy atom. The molecule has 0 radical (unpaired) electrons. The van der Waals surface area contributed by atoms with E-state index in [1.54, 1.807) is 18.3 Å². The SMILES string of the molecule is FC(F)(F)COc1cccc(Cl)c1CSc1ncc(Br)s1. The van der Waals surface area contributed by atoms with Crippen LogP contribution in [-0.2, 0) is 5.75 Å². The summed E-state index contributed by atoms with van der Waals surface area (Å²) in [6.07, 6.45) is -2.71. The van der Waals surface area contributed by atoms with Crippen molar-refractivity contribution in [3.05, 3.63) is 38.8 Å². The molecule has 0 bridgehead atoms. The van der Waals surface area contributed by atoms with Crippen molar-refractivity contribution < 1.29 is 17.9 Å². The average Bonchev–Trinajstić information content (AvgIpc) is 2.80. The topological polar surface area (TPSA) is 22.1 Å². The van der Waals surface area contributed by atoms with Gasteiger partial charge in [0.1, 0.15) is 5.75 Å². The van der Waals surface area contributed by atoms with Crippen LogP contribution >= 0.6 is 50.6 Å². The van der Waals surface area contributed by atoms with Crippen molar-refractivity contribution in [2.75, 3.05) is 6.61 Å². The Kier molecular flexibility index (Phi) is 5.81. The minimum absolute atomic E-state index is 0.142. The third kappa shape index (κ3) is 5.36. The zero-order chi connectivity index (χ0) is 15.5. The first-order valence-corrected chi connectivity index (χ1v) is 8.53. The van der Waals surface area contributed by atoms with E-state index in [9.17, 15) is 13.2 Å². The van der Waals surface area contributed by atoms with Crippen molar-refractivity contribution in [3.8, 4) is 5.75 Å². The predicted molar refractivity (Wildman–Crippen MR) is 82.4 cm³/mol. The number of nitrogens with zero attached hydrogens (tertiary/aromatic N) is 1. The van der Waals surface area contributed by atoms with Gasteiger partial charge in [0.2, 0.25) is 0 Å². The molecule has 2 nitrogen and oxygen atoms in total. The monoisotopic (exact) mass is 417 g/mol. The van der Waals surface area contributed by atoms with E-state index >= 15 is 0 Å². The van der Waals surface area contributed by atoms with Gasteiger partial charge in [-0.1, -0.05) is 29.4 Å². The Balaban J connectivity index is 2.10. The molecule has 0 saturated heterocycles. The van der Waals surface area contributed by atoms with Gasteiger partial charge in [-0.05, 0) is 28.1 Å². The molecule has 1 heterocycles. The van der Waals surface area contributed by atoms with Crippen molar-refractivity contribution in [1.82, 2.24) is 4.98 Å². The first kappa shape index (κ1) is 16.9. The first-order valence-electron chi connectivity index (χ1n) is 5.56. The molecule has 2 rings (SSSR count). The average molecular weight is 419 g/mol. The Morgan fingerprint density at radius 3 is 2.76 bits per heavy atom. The Labute approximate surface area is 140 Å². The largest absolute Gasteiger partial charge is 0.484 e. The summed E-state index contributed by atoms with van der Waals surface area (Å²) in [4.78, 5) is 4.15. The molecular formula is C12H8BrClF3NOS2. The van der Waals surface area contributed by atoms with E-state index in [-0.39, 0.29) is 5.75 Å². The first-order chi connectivity index (χ1) is 9.85. The summed E-state index contributed by atoms with van der Waals surface area (Å²) in [7, 11) is 0. The minimum Gasteiger partial charge on any atom is -0.484 e. The number of alkyl halides is 3. The van der Waals surface area contributed by atoms with Gasteiger partial charge in [-0.2, -0.15) is 13.2 Å². The van der Waals surface area contributed by atoms with Gasteiger partial charge < -0.3 is 4.74 Å². The molecular weight excluding hydrogens is 411 g/mol. The lowest BCUT2D eigenvalue weighted by Crippen LogP contribution is -2.19. The number of thioether (sulfide) groups is 1. The molecule has 0 amide bonds. The summed E-state index contributed by atoms with van der Waals surface area (Å²) in [6.45, 7) is -1.34. The number of thiazole rings is 1. The van der Waals surface area contributed by atoms with Crippen LogP contribution in [0.15, 0.2) is 32.5 Å². The maximum absolute atomic E-state index is 12.3. The molecule has 9 heteroatoms. The summed E-state index contributed by atoms with van der Waals surface area (Å²) >= 11 is 12.2. The normalized spacial score (nSPS) is 11.7. The molecule has 0 aliphatic carbocycles. The summed E-state index contributed by atoms with van der Waals surface area (Å²) in [5, 5.41) is 0.373. The molecule has 0 atom stereocenters. The van der Waals surface area contributed by atoms with Crippen LogP contribution in [0.3, 0.4) is 0 Å². The van der Waals surface area contributed by atoms with Crippen LogP contribution in [-0.4, -0.2) is 17.8 Å². The molecule has 21 heavy (non-hydrogen) atoms. The molecule has 1 aromatic carbocycles. The second kappa shape index (κ2) is 7.21. The molecule has 0 saturated carbocycles. The Hall–Kier alpha value is -0.440. The third-order valence-corrected chi connectivity index (χ3v) is 5.28. The number of halogens is 5. The number of hydrogen-bond donors (Lipinski definition) is 0. The molecule has 0 aliphatic heterocycles. The zero-order valence-electron chi connectivity index (χ0n) is 10.3. The molecule has 0 fully saturated rings. The lowest BCUT2D eigenvalue weighted by atomic mass is 10.2. The van der Waals surface area contributed by atoms with Crippen molar-refractivity contribution >= 4 is 50.6 Å². The minimum atomic E-state index is -4.38. The number of aromatic nitrogens is 1. The maximum atomic E-state index is 12.3. The van der Waals surface area contributed by atoms with E-state index in [4.69, 9.17) is 16.3 Å². The quantitative estimate of drug-likeness (QED) is 0.574. The van der Waals surface area contributed by atoms with Gasteiger partial charge in [-0.15, -0.1) is 11.3 Å². The lowest BCUT2D eigenvalue weighted by molar-refractivity contribution is -0.153. The number of hydrogen-bond acceptors (Lipinski definition) is 4. The van der Waals surface area contributed by atoms with E-state index in [0.717, 1.165) is 8.13 Å². The Morgan fingerprint density at radius 1 is 1.38 bits per heavy atom. The van der Waals surface area contributed by atoms with Crippen molar-refractivity contribution in [2.45, 2.75) is 16.3 Å². The standard InChI is InChI=1S/C12H8BrClF3NOS2/c13-10-4-18-11(21-10)20-5-7-8(14)2-1-3-9(7)19-6-12(15,16)17/h1-4H,5-6H2. The second-order valence-corrected chi connectivity index (χ2v) is 7.88. The van der Waals surface area contributed by atoms with Crippen LogP contribution in [0.4, 0.5) is 13.2 Å². The van der Waals surface area contributed by atoms with Crippen molar-refractivity contribution in [3.63, 3.8) is 0 Å². The highest BCUT2D eigenvalue weighted by atomic mass is 79.9. The van der Waals surface area contributed by atoms with Crippen LogP contribution in [0.25, 0.3) is 0 Å². The van der Waals surface area contributed by atoms with Crippen LogP contribution < -0.4 is 4.74 Å². The summed E-state index contributed by atoms with van der Waals surface area (Å²) in [5.74, 6) is 0.523. The molecule has 0 aliphatic rings. The molecule has 114 valence electrons. The van der Waals surface area contributed by atoms with Crippen LogP contribution in [0, 0.1) is 0 Å². The van der Waals surface area contributed by atoms with E-state index in [1.165, 1.54) is 29.2 Å². The lowest BCUT2D eigenvalue weighted by Gasteiger charge is -2.13. The summed E-state index contributed by atoms with van der Waals surface area (Å²) in [5.41, 5.74) is 0.528. The summed E-state index contributed by atoms with van der Waals surface area (Å²) < 4.78 is 43.3. The number of benzene rings is 1. The van der Waals surface area contributed by atoms with Gasteiger partial charge in [0.15, 0.2) is 10.9 Å². The number of ether oxygens (including phenoxy) is 1. The molecule has 1 aromatic heterocycles. The predicted octanol–water partition coefficient (Wildman–Crippen LogP) is 5.79. The highest BCUT2D eigenvalue weighted by molar-refractivity contribution is 9.11. The Bertz CT molecular complexity index is 621. The summed E-state index contributed by atoms with van der Waals surface area (Å²) in [6, 6.07) is 4.66. The molecule has 0 N–H and O–H groups in total. The zero-order valence-corrected chi connectivity index (χ0v) is 14.3. The van der Waals surface area contributed by atoms with Crippen molar-refractivity contribution in [2.24, 2.45) is 0 Å². The molecule has 0 spiro atoms. The smallest absolute Gasteiger partial charge is 0.422 e. The molecule has 2 aromatic rings. The van der Waals surface area contributed by atoms with Crippen molar-refractivity contribution in [1.29, 1.82) is 0 Å². The van der Waals surface area contributed by atoms with E-state index in [1.807, 2.05) is 0 Å². The van der Waals surface area contributed by atoms with Gasteiger partial charge in [-0.3, -0.25) is 0 Å². The fourth-order valence-corrected chi connectivity index (χ4v) is 4.36. The van der Waals surface area contributed by atoms with E-state index in [2.05, 4.69) is 20.9 Å². The van der Waals surface area contributed by atoms with Crippen LogP contribution in [0.2, 0.25) is 5.02 Å². The maximum Gasteiger partial charge on any atom is 0.422 e. The second-order valence-electron chi connectivity index (χ2n) is 3.84. The highest BCUT2D eigenvalue weighted by Gasteiger charge is 2.29. The van der Waals surface area contributed by atoms with Gasteiger partial charge in [0, 0.05) is 16.3 Å². The fourth-order valence-electron chi connectivity index (χ4n) is 1.41. The number of rotatable bonds is 5.